The lowest BCUT2D eigenvalue weighted by atomic mass is 10.1. The maximum atomic E-state index is 11.5. The zero-order chi connectivity index (χ0) is 15.0. The van der Waals surface area contributed by atoms with Gasteiger partial charge in [0, 0.05) is 12.3 Å². The second kappa shape index (κ2) is 4.36. The summed E-state index contributed by atoms with van der Waals surface area (Å²) >= 11 is 0. The van der Waals surface area contributed by atoms with Crippen molar-refractivity contribution in [1.29, 1.82) is 0 Å². The Bertz CT molecular complexity index is 318. The van der Waals surface area contributed by atoms with E-state index >= 15 is 0 Å². The van der Waals surface area contributed by atoms with E-state index in [4.69, 9.17) is 12.3 Å². The largest absolute Gasteiger partial charge is 0.466 e. The second-order valence-electron chi connectivity index (χ2n) is 1.22. The molecule has 0 spiro atoms. The Balaban J connectivity index is 5.88. The van der Waals surface area contributed by atoms with Gasteiger partial charge < -0.3 is 4.74 Å². The monoisotopic (exact) mass is 139 g/mol. The van der Waals surface area contributed by atoms with E-state index in [1.54, 1.807) is 0 Å². The van der Waals surface area contributed by atoms with Gasteiger partial charge in [-0.2, -0.15) is 0 Å². The van der Waals surface area contributed by atoms with Gasteiger partial charge in [-0.05, 0) is 13.3 Å². The molecule has 0 radical (unpaired) electrons. The molecule has 0 amide bonds. The normalized spacial score (nSPS) is 35.4. The quantitative estimate of drug-likeness (QED) is 0.555. The highest BCUT2D eigenvalue weighted by atomic mass is 16.5. The van der Waals surface area contributed by atoms with E-state index in [2.05, 4.69) is 4.74 Å². The van der Waals surface area contributed by atoms with Crippen LogP contribution in [0.15, 0.2) is 0 Å². The third-order valence-corrected chi connectivity index (χ3v) is 0.605. The van der Waals surface area contributed by atoms with Gasteiger partial charge >= 0.3 is 5.97 Å². The van der Waals surface area contributed by atoms with E-state index in [1.807, 2.05) is 0 Å². The highest BCUT2D eigenvalue weighted by molar-refractivity contribution is 5.71. The molecule has 0 heterocycles. The molecule has 0 aliphatic heterocycles. The predicted octanol–water partition coefficient (Wildman–Crippen LogP) is 1.60. The number of carbonyl (C=O) groups excluding carboxylic acids is 1. The molecule has 9 heavy (non-hydrogen) atoms. The van der Waals surface area contributed by atoms with Crippen LogP contribution >= 0.6 is 0 Å². The molecule has 0 aromatic heterocycles. The summed E-state index contributed by atoms with van der Waals surface area (Å²) in [5.41, 5.74) is 0. The molecule has 0 fully saturated rings. The Morgan fingerprint density at radius 2 is 2.89 bits per heavy atom. The molecular weight excluding hydrogens is 116 g/mol. The lowest BCUT2D eigenvalue weighted by molar-refractivity contribution is -0.147. The van der Waals surface area contributed by atoms with Gasteiger partial charge in [0.2, 0.25) is 0 Å². The van der Waals surface area contributed by atoms with Crippen molar-refractivity contribution in [3.8, 4) is 0 Å². The van der Waals surface area contributed by atoms with Crippen molar-refractivity contribution in [3.05, 3.63) is 0 Å². The first kappa shape index (κ1) is 1.74. The molecule has 0 N–H and O–H groups in total. The number of hydrogen-bond donors (Lipinski definition) is 0. The molecule has 54 valence electrons. The lowest BCUT2D eigenvalue weighted by Gasteiger charge is -2.05. The smallest absolute Gasteiger partial charge is 0.308 e. The zero-order valence-electron chi connectivity index (χ0n) is 14.0. The zero-order valence-corrected chi connectivity index (χ0v) is 5.02. The number of esters is 1. The molecule has 1 atom stereocenters. The molecule has 1 unspecified atom stereocenters. The summed E-state index contributed by atoms with van der Waals surface area (Å²) < 4.78 is 68.8. The topological polar surface area (TPSA) is 26.3 Å². The SMILES string of the molecule is [2H]C([2H])([2H])C([2H])([2H])C([2H])(C(=O)OCC)C([2H])([2H])[2H]. The van der Waals surface area contributed by atoms with Crippen molar-refractivity contribution in [2.75, 3.05) is 6.61 Å². The molecule has 0 aliphatic carbocycles. The van der Waals surface area contributed by atoms with Crippen molar-refractivity contribution < 1.29 is 21.9 Å². The molecule has 2 nitrogen and oxygen atoms in total. The predicted molar refractivity (Wildman–Crippen MR) is 36.1 cm³/mol. The molecule has 0 aliphatic rings. The molecule has 2 heteroatoms. The maximum Gasteiger partial charge on any atom is 0.308 e. The van der Waals surface area contributed by atoms with Crippen LogP contribution in [0.4, 0.5) is 0 Å². The number of hydrogen-bond acceptors (Lipinski definition) is 2. The fourth-order valence-corrected chi connectivity index (χ4v) is 0.254. The van der Waals surface area contributed by atoms with Crippen LogP contribution in [0.5, 0.6) is 0 Å². The Hall–Kier alpha value is -0.530. The van der Waals surface area contributed by atoms with Crippen LogP contribution in [0.2, 0.25) is 0 Å². The van der Waals surface area contributed by atoms with Crippen LogP contribution in [0.25, 0.3) is 0 Å². The summed E-state index contributed by atoms with van der Waals surface area (Å²) in [5, 5.41) is 0. The number of rotatable bonds is 3. The second-order valence-corrected chi connectivity index (χ2v) is 1.22. The summed E-state index contributed by atoms with van der Waals surface area (Å²) in [6.07, 6.45) is -3.57. The van der Waals surface area contributed by atoms with Crippen LogP contribution in [-0.2, 0) is 9.53 Å². The van der Waals surface area contributed by atoms with Crippen LogP contribution in [0, 0.1) is 5.89 Å². The van der Waals surface area contributed by atoms with Gasteiger partial charge in [-0.3, -0.25) is 4.79 Å². The third-order valence-electron chi connectivity index (χ3n) is 0.605. The highest BCUT2D eigenvalue weighted by Crippen LogP contribution is 2.01. The Kier molecular flexibility index (Phi) is 0.844. The maximum absolute atomic E-state index is 11.5. The number of ether oxygens (including phenoxy) is 1. The molecule has 0 rings (SSSR count). The number of carbonyl (C=O) groups is 1. The fraction of sp³-hybridized carbons (Fsp3) is 0.857. The Morgan fingerprint density at radius 3 is 3.33 bits per heavy atom. The van der Waals surface area contributed by atoms with Crippen molar-refractivity contribution >= 4 is 5.97 Å². The first-order valence-corrected chi connectivity index (χ1v) is 2.40. The summed E-state index contributed by atoms with van der Waals surface area (Å²) in [6, 6.07) is 0. The highest BCUT2D eigenvalue weighted by Gasteiger charge is 2.09. The van der Waals surface area contributed by atoms with E-state index in [-0.39, 0.29) is 6.61 Å². The first-order chi connectivity index (χ1) is 7.73. The van der Waals surface area contributed by atoms with Crippen molar-refractivity contribution in [3.63, 3.8) is 0 Å². The van der Waals surface area contributed by atoms with Crippen LogP contribution in [0.1, 0.15) is 39.3 Å². The van der Waals surface area contributed by atoms with Crippen LogP contribution in [0.3, 0.4) is 0 Å². The van der Waals surface area contributed by atoms with Gasteiger partial charge in [-0.25, -0.2) is 0 Å². The lowest BCUT2D eigenvalue weighted by Crippen LogP contribution is -2.13. The minimum absolute atomic E-state index is 0.285. The summed E-state index contributed by atoms with van der Waals surface area (Å²) in [4.78, 5) is 11.5. The molecule has 0 saturated carbocycles. The van der Waals surface area contributed by atoms with Crippen molar-refractivity contribution in [2.45, 2.75) is 27.0 Å². The fourth-order valence-electron chi connectivity index (χ4n) is 0.254. The standard InChI is InChI=1S/C7H14O2/c1-4-6(3)7(8)9-5-2/h6H,4-5H2,1-3H3/i1D3,3D3,4D2,6D. The van der Waals surface area contributed by atoms with E-state index in [9.17, 15) is 4.79 Å². The van der Waals surface area contributed by atoms with Crippen molar-refractivity contribution in [2.24, 2.45) is 5.89 Å². The first-order valence-electron chi connectivity index (χ1n) is 6.90. The van der Waals surface area contributed by atoms with Gasteiger partial charge in [0.15, 0.2) is 0 Å². The molecule has 0 aromatic rings. The Labute approximate surface area is 68.8 Å². The van der Waals surface area contributed by atoms with Gasteiger partial charge in [-0.15, -0.1) is 0 Å². The third kappa shape index (κ3) is 3.12. The van der Waals surface area contributed by atoms with E-state index in [0.29, 0.717) is 0 Å². The average molecular weight is 139 g/mol. The molecule has 0 saturated heterocycles. The molecule has 0 bridgehead atoms. The minimum atomic E-state index is -3.57. The molecular formula is C7H14O2. The Morgan fingerprint density at radius 1 is 2.11 bits per heavy atom. The summed E-state index contributed by atoms with van der Waals surface area (Å²) in [7, 11) is 0. The minimum Gasteiger partial charge on any atom is -0.466 e. The van der Waals surface area contributed by atoms with Gasteiger partial charge in [-0.1, -0.05) is 13.7 Å². The van der Waals surface area contributed by atoms with E-state index < -0.39 is 31.9 Å². The summed E-state index contributed by atoms with van der Waals surface area (Å²) in [5.74, 6) is -5.23. The van der Waals surface area contributed by atoms with Crippen molar-refractivity contribution in [1.82, 2.24) is 0 Å². The van der Waals surface area contributed by atoms with Gasteiger partial charge in [0.25, 0.3) is 0 Å². The van der Waals surface area contributed by atoms with Gasteiger partial charge in [0.05, 0.1) is 12.5 Å². The van der Waals surface area contributed by atoms with E-state index in [0.717, 1.165) is 0 Å². The molecule has 0 aromatic carbocycles. The average Bonchev–Trinajstić information content (AvgIpc) is 2.12. The van der Waals surface area contributed by atoms with Gasteiger partial charge in [0.1, 0.15) is 0 Å². The van der Waals surface area contributed by atoms with E-state index in [1.165, 1.54) is 6.92 Å². The van der Waals surface area contributed by atoms with Crippen LogP contribution < -0.4 is 0 Å². The van der Waals surface area contributed by atoms with Crippen LogP contribution in [-0.4, -0.2) is 12.6 Å². The summed E-state index contributed by atoms with van der Waals surface area (Å²) in [6.45, 7) is -5.87.